The van der Waals surface area contributed by atoms with Crippen molar-refractivity contribution in [1.29, 1.82) is 0 Å². The predicted molar refractivity (Wildman–Crippen MR) is 174 cm³/mol. The molecule has 208 valence electrons. The molecule has 0 aliphatic heterocycles. The minimum Gasteiger partial charge on any atom is -0.439 e. The molecule has 44 heavy (non-hydrogen) atoms. The molecule has 9 aromatic rings. The van der Waals surface area contributed by atoms with Crippen LogP contribution in [0.25, 0.3) is 60.8 Å². The largest absolute Gasteiger partial charge is 0.439 e. The van der Waals surface area contributed by atoms with Crippen LogP contribution in [0.4, 0.5) is 0 Å². The van der Waals surface area contributed by atoms with Crippen molar-refractivity contribution in [2.45, 2.75) is 0 Å². The van der Waals surface area contributed by atoms with E-state index >= 15 is 0 Å². The van der Waals surface area contributed by atoms with Crippen LogP contribution in [0.2, 0.25) is 0 Å². The molecule has 7 heteroatoms. The molecule has 5 aromatic carbocycles. The van der Waals surface area contributed by atoms with Crippen molar-refractivity contribution in [1.82, 2.24) is 29.1 Å². The first-order chi connectivity index (χ1) is 21.8. The van der Waals surface area contributed by atoms with Gasteiger partial charge in [-0.25, -0.2) is 9.67 Å². The Balaban J connectivity index is 1.17. The maximum Gasteiger partial charge on any atom is 0.219 e. The highest BCUT2D eigenvalue weighted by Crippen LogP contribution is 2.36. The zero-order valence-corrected chi connectivity index (χ0v) is 23.4. The molecule has 0 aliphatic rings. The highest BCUT2D eigenvalue weighted by atomic mass is 16.5. The Morgan fingerprint density at radius 2 is 1.14 bits per heavy atom. The standard InChI is InChI=1S/C37H24N6O/c1-4-15-32-30(14-1)31-20-19-27(44-37-18-7-8-21-38-37)23-35(31)42(32)26-11-9-10-25(22-26)41-24-36(39-40-41)43-33-16-5-2-12-28(33)29-13-3-6-17-34(29)43/h1-24H. The number of benzene rings is 5. The fraction of sp³-hybridized carbons (Fsp3) is 0. The summed E-state index contributed by atoms with van der Waals surface area (Å²) in [6, 6.07) is 45.5. The molecule has 0 spiro atoms. The Morgan fingerprint density at radius 3 is 1.84 bits per heavy atom. The number of aromatic nitrogens is 6. The zero-order chi connectivity index (χ0) is 29.0. The van der Waals surface area contributed by atoms with Crippen LogP contribution in [0.1, 0.15) is 0 Å². The molecule has 0 amide bonds. The van der Waals surface area contributed by atoms with Crippen LogP contribution >= 0.6 is 0 Å². The lowest BCUT2D eigenvalue weighted by atomic mass is 10.1. The van der Waals surface area contributed by atoms with Crippen molar-refractivity contribution in [3.63, 3.8) is 0 Å². The Hall–Kier alpha value is -6.21. The molecule has 0 saturated heterocycles. The van der Waals surface area contributed by atoms with Gasteiger partial charge in [0, 0.05) is 45.6 Å². The van der Waals surface area contributed by atoms with E-state index in [1.807, 2.05) is 35.1 Å². The van der Waals surface area contributed by atoms with Crippen LogP contribution in [0.5, 0.6) is 11.6 Å². The van der Waals surface area contributed by atoms with Crippen molar-refractivity contribution in [3.05, 3.63) is 146 Å². The van der Waals surface area contributed by atoms with Gasteiger partial charge in [0.25, 0.3) is 0 Å². The molecular formula is C37H24N6O. The third kappa shape index (κ3) is 3.80. The maximum atomic E-state index is 6.12. The van der Waals surface area contributed by atoms with Gasteiger partial charge in [0.1, 0.15) is 5.75 Å². The van der Waals surface area contributed by atoms with E-state index < -0.39 is 0 Å². The van der Waals surface area contributed by atoms with Gasteiger partial charge in [-0.05, 0) is 54.6 Å². The van der Waals surface area contributed by atoms with Gasteiger partial charge < -0.3 is 9.30 Å². The fourth-order valence-corrected chi connectivity index (χ4v) is 6.25. The summed E-state index contributed by atoms with van der Waals surface area (Å²) in [5.41, 5.74) is 6.28. The van der Waals surface area contributed by atoms with Crippen LogP contribution in [0.3, 0.4) is 0 Å². The number of ether oxygens (including phenoxy) is 1. The van der Waals surface area contributed by atoms with Crippen LogP contribution in [-0.4, -0.2) is 29.1 Å². The van der Waals surface area contributed by atoms with E-state index in [4.69, 9.17) is 4.74 Å². The molecule has 9 rings (SSSR count). The Morgan fingerprint density at radius 1 is 0.500 bits per heavy atom. The molecule has 0 radical (unpaired) electrons. The molecule has 0 fully saturated rings. The van der Waals surface area contributed by atoms with Gasteiger partial charge in [0.2, 0.25) is 5.88 Å². The first-order valence-electron chi connectivity index (χ1n) is 14.5. The van der Waals surface area contributed by atoms with Crippen molar-refractivity contribution >= 4 is 43.6 Å². The van der Waals surface area contributed by atoms with Gasteiger partial charge in [-0.2, -0.15) is 0 Å². The lowest BCUT2D eigenvalue weighted by molar-refractivity contribution is 0.463. The second kappa shape index (κ2) is 9.68. The summed E-state index contributed by atoms with van der Waals surface area (Å²) in [7, 11) is 0. The van der Waals surface area contributed by atoms with E-state index in [0.29, 0.717) is 5.88 Å². The van der Waals surface area contributed by atoms with E-state index in [9.17, 15) is 0 Å². The van der Waals surface area contributed by atoms with E-state index in [-0.39, 0.29) is 0 Å². The van der Waals surface area contributed by atoms with Crippen LogP contribution < -0.4 is 4.74 Å². The summed E-state index contributed by atoms with van der Waals surface area (Å²) in [6.07, 6.45) is 3.72. The molecule has 0 bridgehead atoms. The number of nitrogens with zero attached hydrogens (tertiary/aromatic N) is 6. The van der Waals surface area contributed by atoms with Gasteiger partial charge in [-0.1, -0.05) is 71.9 Å². The average Bonchev–Trinajstić information content (AvgIpc) is 3.78. The van der Waals surface area contributed by atoms with Crippen LogP contribution in [0, 0.1) is 0 Å². The predicted octanol–water partition coefficient (Wildman–Crippen LogP) is 8.65. The summed E-state index contributed by atoms with van der Waals surface area (Å²) in [5.74, 6) is 2.05. The second-order valence-electron chi connectivity index (χ2n) is 10.7. The fourth-order valence-electron chi connectivity index (χ4n) is 6.25. The van der Waals surface area contributed by atoms with Gasteiger partial charge >= 0.3 is 0 Å². The third-order valence-corrected chi connectivity index (χ3v) is 8.15. The van der Waals surface area contributed by atoms with Crippen molar-refractivity contribution in [2.24, 2.45) is 0 Å². The number of rotatable bonds is 5. The molecule has 7 nitrogen and oxygen atoms in total. The minimum atomic E-state index is 0.557. The lowest BCUT2D eigenvalue weighted by Crippen LogP contribution is -1.99. The van der Waals surface area contributed by atoms with Crippen molar-refractivity contribution in [2.75, 3.05) is 0 Å². The van der Waals surface area contributed by atoms with Crippen LogP contribution in [-0.2, 0) is 0 Å². The molecule has 0 saturated carbocycles. The Bertz CT molecular complexity index is 2430. The topological polar surface area (TPSA) is 62.7 Å². The van der Waals surface area contributed by atoms with E-state index in [0.717, 1.165) is 50.4 Å². The van der Waals surface area contributed by atoms with Gasteiger partial charge in [-0.3, -0.25) is 4.57 Å². The first kappa shape index (κ1) is 24.4. The Kier molecular flexibility index (Phi) is 5.36. The summed E-state index contributed by atoms with van der Waals surface area (Å²) < 4.78 is 12.4. The SMILES string of the molecule is c1ccc(Oc2ccc3c4ccccc4n(-c4cccc(-n5cc(-n6c7ccccc7c7ccccc76)nn5)c4)c3c2)nc1. The molecule has 0 atom stereocenters. The first-order valence-corrected chi connectivity index (χ1v) is 14.5. The zero-order valence-electron chi connectivity index (χ0n) is 23.4. The number of hydrogen-bond acceptors (Lipinski definition) is 4. The molecular weight excluding hydrogens is 544 g/mol. The highest BCUT2D eigenvalue weighted by molar-refractivity contribution is 6.10. The smallest absolute Gasteiger partial charge is 0.219 e. The average molecular weight is 569 g/mol. The molecule has 4 aromatic heterocycles. The third-order valence-electron chi connectivity index (χ3n) is 8.15. The van der Waals surface area contributed by atoms with Crippen molar-refractivity contribution < 1.29 is 4.74 Å². The van der Waals surface area contributed by atoms with Gasteiger partial charge in [-0.15, -0.1) is 5.10 Å². The molecule has 0 N–H and O–H groups in total. The number of hydrogen-bond donors (Lipinski definition) is 0. The van der Waals surface area contributed by atoms with E-state index in [2.05, 4.69) is 134 Å². The molecule has 0 aliphatic carbocycles. The highest BCUT2D eigenvalue weighted by Gasteiger charge is 2.16. The van der Waals surface area contributed by atoms with E-state index in [1.54, 1.807) is 6.20 Å². The maximum absolute atomic E-state index is 6.12. The molecule has 4 heterocycles. The quantitative estimate of drug-likeness (QED) is 0.208. The lowest BCUT2D eigenvalue weighted by Gasteiger charge is -2.11. The van der Waals surface area contributed by atoms with Crippen LogP contribution in [0.15, 0.2) is 146 Å². The second-order valence-corrected chi connectivity index (χ2v) is 10.7. The number of para-hydroxylation sites is 3. The van der Waals surface area contributed by atoms with Gasteiger partial charge in [0.05, 0.1) is 34.0 Å². The van der Waals surface area contributed by atoms with Crippen molar-refractivity contribution in [3.8, 4) is 28.8 Å². The monoisotopic (exact) mass is 568 g/mol. The summed E-state index contributed by atoms with van der Waals surface area (Å²) in [4.78, 5) is 4.33. The normalized spacial score (nSPS) is 11.6. The van der Waals surface area contributed by atoms with E-state index in [1.165, 1.54) is 16.2 Å². The minimum absolute atomic E-state index is 0.557. The number of fused-ring (bicyclic) bond motifs is 6. The van der Waals surface area contributed by atoms with Gasteiger partial charge in [0.15, 0.2) is 5.82 Å². The molecule has 0 unspecified atom stereocenters. The summed E-state index contributed by atoms with van der Waals surface area (Å²) >= 11 is 0. The number of pyridine rings is 1. The summed E-state index contributed by atoms with van der Waals surface area (Å²) in [5, 5.41) is 13.9. The Labute approximate surface area is 251 Å². The summed E-state index contributed by atoms with van der Waals surface area (Å²) in [6.45, 7) is 0.